The first kappa shape index (κ1) is 17.1. The number of nitrogens with one attached hydrogen (secondary N) is 1. The molecular formula is C19H22N4O2. The van der Waals surface area contributed by atoms with Gasteiger partial charge in [-0.15, -0.1) is 0 Å². The molecule has 130 valence electrons. The molecule has 1 aromatic heterocycles. The molecule has 1 aliphatic heterocycles. The Bertz CT molecular complexity index is 740. The first-order valence-electron chi connectivity index (χ1n) is 8.40. The second kappa shape index (κ2) is 7.90. The van der Waals surface area contributed by atoms with Gasteiger partial charge in [-0.05, 0) is 36.8 Å². The minimum atomic E-state index is -0.121. The summed E-state index contributed by atoms with van der Waals surface area (Å²) in [7, 11) is 0. The Labute approximate surface area is 147 Å². The van der Waals surface area contributed by atoms with Gasteiger partial charge in [0.2, 0.25) is 0 Å². The molecule has 6 nitrogen and oxygen atoms in total. The zero-order valence-corrected chi connectivity index (χ0v) is 14.3. The van der Waals surface area contributed by atoms with Gasteiger partial charge in [-0.3, -0.25) is 14.7 Å². The number of benzene rings is 1. The van der Waals surface area contributed by atoms with Crippen molar-refractivity contribution in [3.63, 3.8) is 0 Å². The molecule has 6 heteroatoms. The number of carbonyl (C=O) groups is 2. The third-order valence-electron chi connectivity index (χ3n) is 4.34. The minimum Gasteiger partial charge on any atom is -0.322 e. The predicted octanol–water partition coefficient (Wildman–Crippen LogP) is 2.63. The summed E-state index contributed by atoms with van der Waals surface area (Å²) in [5.41, 5.74) is 2.48. The van der Waals surface area contributed by atoms with Crippen LogP contribution in [0.1, 0.15) is 22.8 Å². The highest BCUT2D eigenvalue weighted by molar-refractivity contribution is 5.96. The molecule has 0 spiro atoms. The van der Waals surface area contributed by atoms with E-state index < -0.39 is 0 Å². The summed E-state index contributed by atoms with van der Waals surface area (Å²) in [6, 6.07) is 10.9. The number of carbonyl (C=O) groups excluding carboxylic acids is 2. The molecule has 3 rings (SSSR count). The van der Waals surface area contributed by atoms with E-state index >= 15 is 0 Å². The molecule has 1 N–H and O–H groups in total. The topological polar surface area (TPSA) is 65.5 Å². The van der Waals surface area contributed by atoms with Gasteiger partial charge in [-0.1, -0.05) is 12.1 Å². The van der Waals surface area contributed by atoms with Crippen molar-refractivity contribution in [3.8, 4) is 0 Å². The summed E-state index contributed by atoms with van der Waals surface area (Å²) >= 11 is 0. The zero-order chi connectivity index (χ0) is 17.6. The fraction of sp³-hybridized carbons (Fsp3) is 0.316. The normalized spacial score (nSPS) is 15.0. The van der Waals surface area contributed by atoms with Gasteiger partial charge in [0.05, 0.1) is 0 Å². The number of hydrogen-bond acceptors (Lipinski definition) is 4. The molecule has 2 heterocycles. The molecule has 25 heavy (non-hydrogen) atoms. The number of hydrogen-bond donors (Lipinski definition) is 1. The van der Waals surface area contributed by atoms with Gasteiger partial charge in [0, 0.05) is 56.4 Å². The van der Waals surface area contributed by atoms with Crippen molar-refractivity contribution in [1.82, 2.24) is 14.8 Å². The molecule has 1 aromatic carbocycles. The second-order valence-corrected chi connectivity index (χ2v) is 6.19. The number of piperazine rings is 1. The maximum Gasteiger partial charge on any atom is 0.321 e. The van der Waals surface area contributed by atoms with Gasteiger partial charge >= 0.3 is 6.03 Å². The first-order valence-corrected chi connectivity index (χ1v) is 8.40. The standard InChI is InChI=1S/C19H22N4O2/c1-15(24)17-3-2-4-18(13-17)21-19(25)23-11-9-22(10-12-23)14-16-5-7-20-8-6-16/h2-8,13H,9-12,14H2,1H3,(H,21,25). The van der Waals surface area contributed by atoms with Crippen molar-refractivity contribution in [3.05, 3.63) is 59.9 Å². The van der Waals surface area contributed by atoms with Crippen molar-refractivity contribution < 1.29 is 9.59 Å². The molecule has 1 saturated heterocycles. The monoisotopic (exact) mass is 338 g/mol. The number of aromatic nitrogens is 1. The van der Waals surface area contributed by atoms with E-state index in [2.05, 4.69) is 15.2 Å². The number of urea groups is 1. The molecule has 1 fully saturated rings. The number of amides is 2. The quantitative estimate of drug-likeness (QED) is 0.871. The summed E-state index contributed by atoms with van der Waals surface area (Å²) < 4.78 is 0. The number of rotatable bonds is 4. The molecule has 1 aliphatic rings. The van der Waals surface area contributed by atoms with E-state index in [0.29, 0.717) is 24.3 Å². The number of pyridine rings is 1. The summed E-state index contributed by atoms with van der Waals surface area (Å²) in [6.07, 6.45) is 3.60. The van der Waals surface area contributed by atoms with Crippen LogP contribution in [0.5, 0.6) is 0 Å². The van der Waals surface area contributed by atoms with Gasteiger partial charge in [0.25, 0.3) is 0 Å². The number of nitrogens with zero attached hydrogens (tertiary/aromatic N) is 3. The van der Waals surface area contributed by atoms with Crippen LogP contribution in [-0.2, 0) is 6.54 Å². The van der Waals surface area contributed by atoms with Gasteiger partial charge in [-0.2, -0.15) is 0 Å². The Hall–Kier alpha value is -2.73. The summed E-state index contributed by atoms with van der Waals surface area (Å²) in [5, 5.41) is 2.88. The van der Waals surface area contributed by atoms with Crippen LogP contribution < -0.4 is 5.32 Å². The van der Waals surface area contributed by atoms with Crippen molar-refractivity contribution in [2.75, 3.05) is 31.5 Å². The molecule has 0 unspecified atom stereocenters. The average Bonchev–Trinajstić information content (AvgIpc) is 2.63. The number of Topliss-reactive ketones (excluding diaryl/α,β-unsaturated/α-hetero) is 1. The molecule has 0 aliphatic carbocycles. The molecule has 0 radical (unpaired) electrons. The summed E-state index contributed by atoms with van der Waals surface area (Å²) in [5.74, 6) is -0.0131. The van der Waals surface area contributed by atoms with Crippen LogP contribution in [0.15, 0.2) is 48.8 Å². The fourth-order valence-corrected chi connectivity index (χ4v) is 2.87. The maximum atomic E-state index is 12.4. The number of anilines is 1. The highest BCUT2D eigenvalue weighted by Gasteiger charge is 2.21. The van der Waals surface area contributed by atoms with Crippen molar-refractivity contribution in [1.29, 1.82) is 0 Å². The molecule has 2 amide bonds. The van der Waals surface area contributed by atoms with Crippen LogP contribution in [0.3, 0.4) is 0 Å². The van der Waals surface area contributed by atoms with Crippen LogP contribution in [0.25, 0.3) is 0 Å². The fourth-order valence-electron chi connectivity index (χ4n) is 2.87. The van der Waals surface area contributed by atoms with Crippen LogP contribution in [0.2, 0.25) is 0 Å². The summed E-state index contributed by atoms with van der Waals surface area (Å²) in [6.45, 7) is 5.43. The van der Waals surface area contributed by atoms with Gasteiger partial charge < -0.3 is 10.2 Å². The van der Waals surface area contributed by atoms with Gasteiger partial charge in [-0.25, -0.2) is 4.79 Å². The van der Waals surface area contributed by atoms with E-state index in [0.717, 1.165) is 19.6 Å². The Morgan fingerprint density at radius 2 is 1.80 bits per heavy atom. The van der Waals surface area contributed by atoms with Crippen molar-refractivity contribution >= 4 is 17.5 Å². The van der Waals surface area contributed by atoms with Crippen molar-refractivity contribution in [2.45, 2.75) is 13.5 Å². The van der Waals surface area contributed by atoms with Crippen molar-refractivity contribution in [2.24, 2.45) is 0 Å². The molecule has 0 saturated carbocycles. The van der Waals surface area contributed by atoms with E-state index in [1.54, 1.807) is 36.7 Å². The van der Waals surface area contributed by atoms with E-state index in [1.165, 1.54) is 12.5 Å². The van der Waals surface area contributed by atoms with Crippen LogP contribution in [0, 0.1) is 0 Å². The third-order valence-corrected chi connectivity index (χ3v) is 4.34. The SMILES string of the molecule is CC(=O)c1cccc(NC(=O)N2CCN(Cc3ccncc3)CC2)c1. The van der Waals surface area contributed by atoms with E-state index in [1.807, 2.05) is 17.0 Å². The highest BCUT2D eigenvalue weighted by atomic mass is 16.2. The predicted molar refractivity (Wildman–Crippen MR) is 96.6 cm³/mol. The minimum absolute atomic E-state index is 0.0131. The Morgan fingerprint density at radius 3 is 2.48 bits per heavy atom. The lowest BCUT2D eigenvalue weighted by Crippen LogP contribution is -2.49. The van der Waals surface area contributed by atoms with Gasteiger partial charge in [0.15, 0.2) is 5.78 Å². The lowest BCUT2D eigenvalue weighted by molar-refractivity contribution is 0.101. The van der Waals surface area contributed by atoms with Crippen LogP contribution >= 0.6 is 0 Å². The smallest absolute Gasteiger partial charge is 0.321 e. The number of ketones is 1. The third kappa shape index (κ3) is 4.64. The molecular weight excluding hydrogens is 316 g/mol. The largest absolute Gasteiger partial charge is 0.322 e. The first-order chi connectivity index (χ1) is 12.1. The van der Waals surface area contributed by atoms with Gasteiger partial charge in [0.1, 0.15) is 0 Å². The Balaban J connectivity index is 1.51. The molecule has 0 atom stereocenters. The summed E-state index contributed by atoms with van der Waals surface area (Å²) in [4.78, 5) is 32.0. The molecule has 0 bridgehead atoms. The molecule has 2 aromatic rings. The second-order valence-electron chi connectivity index (χ2n) is 6.19. The lowest BCUT2D eigenvalue weighted by Gasteiger charge is -2.34. The Morgan fingerprint density at radius 1 is 1.08 bits per heavy atom. The lowest BCUT2D eigenvalue weighted by atomic mass is 10.1. The van der Waals surface area contributed by atoms with Crippen LogP contribution in [0.4, 0.5) is 10.5 Å². The highest BCUT2D eigenvalue weighted by Crippen LogP contribution is 2.13. The van der Waals surface area contributed by atoms with E-state index in [-0.39, 0.29) is 11.8 Å². The van der Waals surface area contributed by atoms with E-state index in [9.17, 15) is 9.59 Å². The maximum absolute atomic E-state index is 12.4. The Kier molecular flexibility index (Phi) is 5.40. The van der Waals surface area contributed by atoms with E-state index in [4.69, 9.17) is 0 Å². The average molecular weight is 338 g/mol. The van der Waals surface area contributed by atoms with Crippen LogP contribution in [-0.4, -0.2) is 52.8 Å². The zero-order valence-electron chi connectivity index (χ0n) is 14.3.